The first-order chi connectivity index (χ1) is 9.69. The molecule has 0 fully saturated rings. The first-order valence-electron chi connectivity index (χ1n) is 6.56. The van der Waals surface area contributed by atoms with Gasteiger partial charge in [0.2, 0.25) is 0 Å². The van der Waals surface area contributed by atoms with Crippen LogP contribution < -0.4 is 21.5 Å². The molecular weight excluding hydrogens is 398 g/mol. The van der Waals surface area contributed by atoms with Crippen molar-refractivity contribution in [2.24, 2.45) is 0 Å². The molecule has 0 aliphatic carbocycles. The second-order valence-corrected chi connectivity index (χ2v) is 5.34. The summed E-state index contributed by atoms with van der Waals surface area (Å²) in [6.07, 6.45) is 2.28. The number of ether oxygens (including phenoxy) is 1. The molecule has 0 unspecified atom stereocenters. The Bertz CT molecular complexity index is 585. The molecule has 5 heteroatoms. The summed E-state index contributed by atoms with van der Waals surface area (Å²) in [5.74, 6) is -0.191. The molecule has 0 spiro atoms. The van der Waals surface area contributed by atoms with Gasteiger partial charge in [-0.05, 0) is 19.1 Å². The van der Waals surface area contributed by atoms with Crippen molar-refractivity contribution in [3.63, 3.8) is 0 Å². The molecular formula is C16H17Br2NO2. The molecule has 0 aliphatic heterocycles. The Morgan fingerprint density at radius 1 is 1.19 bits per heavy atom. The number of carbonyl (C=O) groups is 1. The van der Waals surface area contributed by atoms with Crippen LogP contribution in [-0.2, 0) is 22.5 Å². The van der Waals surface area contributed by atoms with E-state index in [9.17, 15) is 4.79 Å². The van der Waals surface area contributed by atoms with E-state index < -0.39 is 0 Å². The molecule has 0 atom stereocenters. The van der Waals surface area contributed by atoms with Gasteiger partial charge < -0.3 is 21.7 Å². The number of carbonyl (C=O) groups excluding carboxylic acids is 1. The molecule has 21 heavy (non-hydrogen) atoms. The Morgan fingerprint density at radius 3 is 2.57 bits per heavy atom. The minimum absolute atomic E-state index is 0. The molecule has 112 valence electrons. The number of halogens is 2. The van der Waals surface area contributed by atoms with Crippen LogP contribution in [0.25, 0.3) is 0 Å². The maximum absolute atomic E-state index is 11.6. The summed E-state index contributed by atoms with van der Waals surface area (Å²) in [5, 5.41) is 0. The third kappa shape index (κ3) is 5.59. The van der Waals surface area contributed by atoms with E-state index in [1.807, 2.05) is 43.5 Å². The highest BCUT2D eigenvalue weighted by Crippen LogP contribution is 2.10. The van der Waals surface area contributed by atoms with E-state index in [1.165, 1.54) is 5.56 Å². The van der Waals surface area contributed by atoms with E-state index >= 15 is 0 Å². The van der Waals surface area contributed by atoms with E-state index in [1.54, 1.807) is 0 Å². The van der Waals surface area contributed by atoms with E-state index in [-0.39, 0.29) is 23.0 Å². The monoisotopic (exact) mass is 413 g/mol. The Hall–Kier alpha value is -1.20. The van der Waals surface area contributed by atoms with Crippen molar-refractivity contribution in [1.82, 2.24) is 0 Å². The van der Waals surface area contributed by atoms with Crippen molar-refractivity contribution in [2.75, 3.05) is 6.61 Å². The summed E-state index contributed by atoms with van der Waals surface area (Å²) in [7, 11) is 0. The molecule has 0 saturated heterocycles. The summed E-state index contributed by atoms with van der Waals surface area (Å²) in [4.78, 5) is 11.6. The highest BCUT2D eigenvalue weighted by atomic mass is 79.9. The summed E-state index contributed by atoms with van der Waals surface area (Å²) in [6.45, 7) is 2.97. The lowest BCUT2D eigenvalue weighted by atomic mass is 10.2. The fraction of sp³-hybridized carbons (Fsp3) is 0.250. The van der Waals surface area contributed by atoms with Crippen LogP contribution in [-0.4, -0.2) is 12.6 Å². The minimum Gasteiger partial charge on any atom is -1.00 e. The van der Waals surface area contributed by atoms with E-state index in [2.05, 4.69) is 32.6 Å². The molecule has 0 radical (unpaired) electrons. The first-order valence-corrected chi connectivity index (χ1v) is 7.35. The Morgan fingerprint density at radius 2 is 1.90 bits per heavy atom. The molecule has 2 aromatic rings. The van der Waals surface area contributed by atoms with E-state index in [0.29, 0.717) is 13.0 Å². The summed E-state index contributed by atoms with van der Waals surface area (Å²) in [6, 6.07) is 14.0. The van der Waals surface area contributed by atoms with Crippen molar-refractivity contribution in [3.05, 3.63) is 64.4 Å². The van der Waals surface area contributed by atoms with Crippen LogP contribution in [0.1, 0.15) is 18.2 Å². The third-order valence-electron chi connectivity index (χ3n) is 2.93. The Balaban J connectivity index is 0.00000220. The van der Waals surface area contributed by atoms with Gasteiger partial charge in [0, 0.05) is 22.2 Å². The number of pyridine rings is 1. The fourth-order valence-corrected chi connectivity index (χ4v) is 2.24. The molecule has 0 amide bonds. The Kier molecular flexibility index (Phi) is 7.61. The normalized spacial score (nSPS) is 9.81. The zero-order valence-corrected chi connectivity index (χ0v) is 14.9. The Labute approximate surface area is 143 Å². The van der Waals surface area contributed by atoms with Gasteiger partial charge in [0.25, 0.3) is 0 Å². The average Bonchev–Trinajstić information content (AvgIpc) is 2.44. The van der Waals surface area contributed by atoms with Crippen LogP contribution in [0.4, 0.5) is 0 Å². The second-order valence-electron chi connectivity index (χ2n) is 4.43. The molecule has 0 N–H and O–H groups in total. The van der Waals surface area contributed by atoms with Crippen molar-refractivity contribution in [2.45, 2.75) is 19.9 Å². The standard InChI is InChI=1S/C16H17BrNO2.BrH/c1-2-20-16(19)11-15-5-3-4-10-18(15)12-13-6-8-14(17)9-7-13;/h3-10H,2,11-12H2,1H3;1H/q+1;/p-1. The van der Waals surface area contributed by atoms with Crippen molar-refractivity contribution >= 4 is 21.9 Å². The number of rotatable bonds is 5. The van der Waals surface area contributed by atoms with Gasteiger partial charge in [-0.3, -0.25) is 4.79 Å². The largest absolute Gasteiger partial charge is 1.00 e. The zero-order chi connectivity index (χ0) is 14.4. The molecule has 2 rings (SSSR count). The second kappa shape index (κ2) is 8.95. The lowest BCUT2D eigenvalue weighted by molar-refractivity contribution is -0.695. The number of hydrogen-bond donors (Lipinski definition) is 0. The number of esters is 1. The zero-order valence-electron chi connectivity index (χ0n) is 11.8. The van der Waals surface area contributed by atoms with Gasteiger partial charge in [0.05, 0.1) is 6.61 Å². The SMILES string of the molecule is CCOC(=O)Cc1cccc[n+]1Cc1ccc(Br)cc1.[Br-]. The maximum Gasteiger partial charge on any atom is 0.316 e. The number of nitrogens with zero attached hydrogens (tertiary/aromatic N) is 1. The van der Waals surface area contributed by atoms with E-state index in [0.717, 1.165) is 16.7 Å². The van der Waals surface area contributed by atoms with Crippen LogP contribution >= 0.6 is 15.9 Å². The quantitative estimate of drug-likeness (QED) is 0.505. The smallest absolute Gasteiger partial charge is 0.316 e. The predicted molar refractivity (Wildman–Crippen MR) is 80.2 cm³/mol. The van der Waals surface area contributed by atoms with Gasteiger partial charge in [-0.15, -0.1) is 0 Å². The van der Waals surface area contributed by atoms with E-state index in [4.69, 9.17) is 4.74 Å². The predicted octanol–water partition coefficient (Wildman–Crippen LogP) is -0.106. The van der Waals surface area contributed by atoms with Gasteiger partial charge >= 0.3 is 5.97 Å². The molecule has 1 aromatic heterocycles. The molecule has 1 aromatic carbocycles. The van der Waals surface area contributed by atoms with Gasteiger partial charge in [-0.1, -0.05) is 34.1 Å². The first kappa shape index (κ1) is 17.9. The van der Waals surface area contributed by atoms with Crippen LogP contribution in [0.15, 0.2) is 53.1 Å². The van der Waals surface area contributed by atoms with Crippen LogP contribution in [0.3, 0.4) is 0 Å². The van der Waals surface area contributed by atoms with Crippen molar-refractivity contribution in [3.8, 4) is 0 Å². The topological polar surface area (TPSA) is 30.2 Å². The molecule has 0 saturated carbocycles. The van der Waals surface area contributed by atoms with Gasteiger partial charge in [0.1, 0.15) is 6.42 Å². The maximum atomic E-state index is 11.6. The number of aromatic nitrogens is 1. The van der Waals surface area contributed by atoms with Crippen molar-refractivity contribution in [1.29, 1.82) is 0 Å². The third-order valence-corrected chi connectivity index (χ3v) is 3.46. The highest BCUT2D eigenvalue weighted by molar-refractivity contribution is 9.10. The van der Waals surface area contributed by atoms with Crippen LogP contribution in [0, 0.1) is 0 Å². The van der Waals surface area contributed by atoms with Crippen LogP contribution in [0.5, 0.6) is 0 Å². The van der Waals surface area contributed by atoms with Crippen molar-refractivity contribution < 1.29 is 31.1 Å². The number of benzene rings is 1. The fourth-order valence-electron chi connectivity index (χ4n) is 1.97. The minimum atomic E-state index is -0.191. The average molecular weight is 415 g/mol. The van der Waals surface area contributed by atoms with Gasteiger partial charge in [0.15, 0.2) is 18.4 Å². The van der Waals surface area contributed by atoms with Gasteiger partial charge in [-0.25, -0.2) is 0 Å². The molecule has 3 nitrogen and oxygen atoms in total. The lowest BCUT2D eigenvalue weighted by Gasteiger charge is -2.04. The summed E-state index contributed by atoms with van der Waals surface area (Å²) < 4.78 is 8.14. The van der Waals surface area contributed by atoms with Crippen LogP contribution in [0.2, 0.25) is 0 Å². The molecule has 1 heterocycles. The number of hydrogen-bond acceptors (Lipinski definition) is 2. The molecule has 0 bridgehead atoms. The van der Waals surface area contributed by atoms with Gasteiger partial charge in [-0.2, -0.15) is 4.57 Å². The molecule has 0 aliphatic rings. The lowest BCUT2D eigenvalue weighted by Crippen LogP contribution is -3.00. The summed E-state index contributed by atoms with van der Waals surface area (Å²) >= 11 is 3.43. The summed E-state index contributed by atoms with van der Waals surface area (Å²) in [5.41, 5.74) is 2.14. The highest BCUT2D eigenvalue weighted by Gasteiger charge is 2.15.